The quantitative estimate of drug-likeness (QED) is 0.714. The molecule has 27 heavy (non-hydrogen) atoms. The lowest BCUT2D eigenvalue weighted by atomic mass is 9.99. The smallest absolute Gasteiger partial charge is 0.410 e. The van der Waals surface area contributed by atoms with Gasteiger partial charge in [0.1, 0.15) is 10.9 Å². The van der Waals surface area contributed by atoms with Crippen molar-refractivity contribution in [2.45, 2.75) is 51.0 Å². The van der Waals surface area contributed by atoms with Gasteiger partial charge in [-0.15, -0.1) is 3.89 Å². The SMILES string of the molecule is CC(C)(C)OC(=O)N1CCc2cc(N3CC(S(=O)(=O)F)CC3=O)ccc2C1. The summed E-state index contributed by atoms with van der Waals surface area (Å²) in [5.41, 5.74) is 1.91. The Labute approximate surface area is 158 Å². The zero-order valence-electron chi connectivity index (χ0n) is 15.6. The summed E-state index contributed by atoms with van der Waals surface area (Å²) < 4.78 is 40.8. The van der Waals surface area contributed by atoms with Gasteiger partial charge in [-0.25, -0.2) is 4.79 Å². The van der Waals surface area contributed by atoms with Crippen molar-refractivity contribution in [3.8, 4) is 0 Å². The van der Waals surface area contributed by atoms with E-state index in [0.717, 1.165) is 11.1 Å². The van der Waals surface area contributed by atoms with E-state index in [2.05, 4.69) is 0 Å². The van der Waals surface area contributed by atoms with Crippen LogP contribution in [-0.2, 0) is 32.7 Å². The van der Waals surface area contributed by atoms with Crippen molar-refractivity contribution in [3.63, 3.8) is 0 Å². The zero-order chi connectivity index (χ0) is 20.0. The minimum absolute atomic E-state index is 0.180. The van der Waals surface area contributed by atoms with Crippen molar-refractivity contribution in [1.82, 2.24) is 4.90 Å². The molecular formula is C18H23FN2O5S. The van der Waals surface area contributed by atoms with Crippen LogP contribution in [0.5, 0.6) is 0 Å². The number of carbonyl (C=O) groups is 2. The molecular weight excluding hydrogens is 375 g/mol. The Morgan fingerprint density at radius 2 is 1.96 bits per heavy atom. The average molecular weight is 398 g/mol. The van der Waals surface area contributed by atoms with Gasteiger partial charge >= 0.3 is 16.3 Å². The third-order valence-electron chi connectivity index (χ3n) is 4.65. The van der Waals surface area contributed by atoms with Crippen LogP contribution in [0.4, 0.5) is 14.4 Å². The highest BCUT2D eigenvalue weighted by Crippen LogP contribution is 2.30. The highest BCUT2D eigenvalue weighted by atomic mass is 32.3. The predicted octanol–water partition coefficient (Wildman–Crippen LogP) is 2.38. The largest absolute Gasteiger partial charge is 0.444 e. The maximum Gasteiger partial charge on any atom is 0.410 e. The van der Waals surface area contributed by atoms with E-state index in [1.807, 2.05) is 32.9 Å². The van der Waals surface area contributed by atoms with Crippen molar-refractivity contribution >= 4 is 27.9 Å². The van der Waals surface area contributed by atoms with Gasteiger partial charge in [-0.3, -0.25) is 4.79 Å². The topological polar surface area (TPSA) is 84.0 Å². The van der Waals surface area contributed by atoms with Gasteiger partial charge in [0, 0.05) is 31.7 Å². The van der Waals surface area contributed by atoms with Gasteiger partial charge in [0.2, 0.25) is 5.91 Å². The lowest BCUT2D eigenvalue weighted by Crippen LogP contribution is -2.40. The molecule has 0 radical (unpaired) electrons. The number of carbonyl (C=O) groups excluding carboxylic acids is 2. The Morgan fingerprint density at radius 3 is 2.56 bits per heavy atom. The van der Waals surface area contributed by atoms with Crippen LogP contribution in [0, 0.1) is 0 Å². The van der Waals surface area contributed by atoms with Crippen LogP contribution < -0.4 is 4.90 Å². The molecule has 0 saturated carbocycles. The first kappa shape index (κ1) is 19.6. The van der Waals surface area contributed by atoms with E-state index >= 15 is 0 Å². The summed E-state index contributed by atoms with van der Waals surface area (Å²) in [5.74, 6) is -0.410. The van der Waals surface area contributed by atoms with Crippen molar-refractivity contribution in [2.75, 3.05) is 18.0 Å². The van der Waals surface area contributed by atoms with Crippen LogP contribution in [0.3, 0.4) is 0 Å². The van der Waals surface area contributed by atoms with E-state index in [0.29, 0.717) is 25.2 Å². The minimum Gasteiger partial charge on any atom is -0.444 e. The van der Waals surface area contributed by atoms with Crippen molar-refractivity contribution in [1.29, 1.82) is 0 Å². The molecule has 148 valence electrons. The zero-order valence-corrected chi connectivity index (χ0v) is 16.4. The Morgan fingerprint density at radius 1 is 1.26 bits per heavy atom. The van der Waals surface area contributed by atoms with E-state index in [4.69, 9.17) is 4.74 Å². The Bertz CT molecular complexity index is 878. The van der Waals surface area contributed by atoms with E-state index in [1.165, 1.54) is 4.90 Å². The lowest BCUT2D eigenvalue weighted by Gasteiger charge is -2.31. The standard InChI is InChI=1S/C18H23FN2O5S/c1-18(2,3)26-17(23)20-7-6-12-8-14(5-4-13(12)10-20)21-11-15(9-16(21)22)27(19,24)25/h4-5,8,15H,6-7,9-11H2,1-3H3. The predicted molar refractivity (Wildman–Crippen MR) is 97.6 cm³/mol. The first-order valence-corrected chi connectivity index (χ1v) is 10.2. The second-order valence-corrected chi connectivity index (χ2v) is 9.53. The second-order valence-electron chi connectivity index (χ2n) is 7.91. The first-order valence-electron chi connectivity index (χ1n) is 8.77. The maximum atomic E-state index is 13.2. The molecule has 2 aliphatic heterocycles. The van der Waals surface area contributed by atoms with Gasteiger partial charge in [-0.2, -0.15) is 8.42 Å². The summed E-state index contributed by atoms with van der Waals surface area (Å²) in [6.07, 6.45) is -0.125. The average Bonchev–Trinajstić information content (AvgIpc) is 2.94. The molecule has 1 unspecified atom stereocenters. The number of nitrogens with zero attached hydrogens (tertiary/aromatic N) is 2. The number of hydrogen-bond acceptors (Lipinski definition) is 5. The molecule has 0 aliphatic carbocycles. The Hall–Kier alpha value is -2.16. The summed E-state index contributed by atoms with van der Waals surface area (Å²) in [6, 6.07) is 5.32. The molecule has 7 nitrogen and oxygen atoms in total. The van der Waals surface area contributed by atoms with Gasteiger partial charge in [0.05, 0.1) is 0 Å². The van der Waals surface area contributed by atoms with E-state index in [1.54, 1.807) is 11.0 Å². The fourth-order valence-electron chi connectivity index (χ4n) is 3.30. The third-order valence-corrected chi connectivity index (χ3v) is 5.77. The first-order chi connectivity index (χ1) is 12.4. The van der Waals surface area contributed by atoms with Crippen molar-refractivity contribution in [3.05, 3.63) is 29.3 Å². The normalized spacial score (nSPS) is 20.6. The highest BCUT2D eigenvalue weighted by Gasteiger charge is 2.39. The lowest BCUT2D eigenvalue weighted by molar-refractivity contribution is -0.117. The molecule has 2 amide bonds. The number of amides is 2. The number of hydrogen-bond donors (Lipinski definition) is 0. The van der Waals surface area contributed by atoms with Crippen LogP contribution in [0.2, 0.25) is 0 Å². The fourth-order valence-corrected chi connectivity index (χ4v) is 3.97. The minimum atomic E-state index is -4.75. The molecule has 0 spiro atoms. The van der Waals surface area contributed by atoms with Gasteiger partial charge < -0.3 is 14.5 Å². The number of ether oxygens (including phenoxy) is 1. The molecule has 2 heterocycles. The molecule has 0 N–H and O–H groups in total. The van der Waals surface area contributed by atoms with Gasteiger partial charge in [-0.1, -0.05) is 6.07 Å². The summed E-state index contributed by atoms with van der Waals surface area (Å²) in [4.78, 5) is 27.3. The van der Waals surface area contributed by atoms with Crippen LogP contribution in [-0.4, -0.2) is 49.3 Å². The number of benzene rings is 1. The second kappa shape index (κ2) is 6.78. The third kappa shape index (κ3) is 4.40. The molecule has 2 aliphatic rings. The number of fused-ring (bicyclic) bond motifs is 1. The molecule has 1 atom stereocenters. The molecule has 1 fully saturated rings. The van der Waals surface area contributed by atoms with Crippen molar-refractivity contribution < 1.29 is 26.6 Å². The molecule has 1 aromatic rings. The molecule has 9 heteroatoms. The van der Waals surface area contributed by atoms with Crippen LogP contribution in [0.15, 0.2) is 18.2 Å². The summed E-state index contributed by atoms with van der Waals surface area (Å²) in [7, 11) is -4.75. The number of rotatable bonds is 2. The highest BCUT2D eigenvalue weighted by molar-refractivity contribution is 7.87. The van der Waals surface area contributed by atoms with Crippen molar-refractivity contribution in [2.24, 2.45) is 0 Å². The number of halogens is 1. The monoisotopic (exact) mass is 398 g/mol. The summed E-state index contributed by atoms with van der Waals surface area (Å²) in [6.45, 7) is 6.15. The van der Waals surface area contributed by atoms with E-state index in [-0.39, 0.29) is 19.1 Å². The Kier molecular flexibility index (Phi) is 4.92. The molecule has 1 saturated heterocycles. The Balaban J connectivity index is 1.74. The molecule has 0 aromatic heterocycles. The maximum absolute atomic E-state index is 13.2. The van der Waals surface area contributed by atoms with E-state index < -0.39 is 27.0 Å². The molecule has 1 aromatic carbocycles. The molecule has 3 rings (SSSR count). The van der Waals surface area contributed by atoms with Crippen LogP contribution >= 0.6 is 0 Å². The van der Waals surface area contributed by atoms with E-state index in [9.17, 15) is 21.9 Å². The van der Waals surface area contributed by atoms with Crippen LogP contribution in [0.25, 0.3) is 0 Å². The number of anilines is 1. The van der Waals surface area contributed by atoms with Crippen LogP contribution in [0.1, 0.15) is 38.3 Å². The van der Waals surface area contributed by atoms with Gasteiger partial charge in [0.15, 0.2) is 0 Å². The fraction of sp³-hybridized carbons (Fsp3) is 0.556. The summed E-state index contributed by atoms with van der Waals surface area (Å²) >= 11 is 0. The summed E-state index contributed by atoms with van der Waals surface area (Å²) in [5, 5.41) is -1.32. The van der Waals surface area contributed by atoms with Gasteiger partial charge in [0.25, 0.3) is 0 Å². The molecule has 0 bridgehead atoms. The van der Waals surface area contributed by atoms with Gasteiger partial charge in [-0.05, 0) is 50.5 Å².